The minimum atomic E-state index is 0.908. The van der Waals surface area contributed by atoms with E-state index < -0.39 is 0 Å². The minimum absolute atomic E-state index is 0.908. The van der Waals surface area contributed by atoms with Crippen LogP contribution in [0.4, 0.5) is 0 Å². The van der Waals surface area contributed by atoms with Crippen LogP contribution in [0.2, 0.25) is 0 Å². The molecule has 1 aliphatic heterocycles. The standard InChI is InChI=1S/C48H31NO/c1-2-11-31(12-3-1)44-34-13-4-6-15-36(34)45(37-16-7-5-14-35(37)44)32-23-21-30(22-24-32)41-29-50-43-20-10-18-38(46(41)43)39-26-25-33-27-28-49-42-19-9-8-17-40(42)47(39)48(33)49/h1-26,29H,27-28H2. The Kier molecular flexibility index (Phi) is 5.82. The highest BCUT2D eigenvalue weighted by Crippen LogP contribution is 2.47. The highest BCUT2D eigenvalue weighted by molar-refractivity contribution is 6.22. The molecule has 0 saturated carbocycles. The quantitative estimate of drug-likeness (QED) is 0.176. The zero-order valence-corrected chi connectivity index (χ0v) is 27.4. The Bertz CT molecular complexity index is 2900. The van der Waals surface area contributed by atoms with Gasteiger partial charge >= 0.3 is 0 Å². The maximum Gasteiger partial charge on any atom is 0.135 e. The number of nitrogens with zero attached hydrogens (tertiary/aromatic N) is 1. The summed E-state index contributed by atoms with van der Waals surface area (Å²) in [5, 5.41) is 8.89. The van der Waals surface area contributed by atoms with Crippen molar-refractivity contribution in [1.82, 2.24) is 4.57 Å². The van der Waals surface area contributed by atoms with Gasteiger partial charge in [-0.3, -0.25) is 0 Å². The SMILES string of the molecule is c1ccc(-c2c3ccccc3c(-c3ccc(-c4coc5cccc(-c6ccc7c8c6c6ccccc6n8CC7)c45)cc3)c3ccccc23)cc1. The van der Waals surface area contributed by atoms with E-state index in [4.69, 9.17) is 4.42 Å². The molecule has 11 rings (SSSR count). The van der Waals surface area contributed by atoms with E-state index in [0.29, 0.717) is 0 Å². The van der Waals surface area contributed by atoms with Crippen LogP contribution < -0.4 is 0 Å². The second kappa shape index (κ2) is 10.6. The lowest BCUT2D eigenvalue weighted by atomic mass is 9.85. The largest absolute Gasteiger partial charge is 0.464 e. The van der Waals surface area contributed by atoms with E-state index in [1.807, 2.05) is 6.26 Å². The fourth-order valence-electron chi connectivity index (χ4n) is 8.84. The second-order valence-corrected chi connectivity index (χ2v) is 13.5. The van der Waals surface area contributed by atoms with Gasteiger partial charge in [-0.05, 0) is 84.6 Å². The molecule has 50 heavy (non-hydrogen) atoms. The molecule has 0 fully saturated rings. The summed E-state index contributed by atoms with van der Waals surface area (Å²) < 4.78 is 8.80. The van der Waals surface area contributed by atoms with Crippen LogP contribution in [0.15, 0.2) is 168 Å². The van der Waals surface area contributed by atoms with Gasteiger partial charge in [0.2, 0.25) is 0 Å². The number of hydrogen-bond donors (Lipinski definition) is 0. The van der Waals surface area contributed by atoms with E-state index >= 15 is 0 Å². The van der Waals surface area contributed by atoms with Crippen molar-refractivity contribution >= 4 is 54.3 Å². The summed E-state index contributed by atoms with van der Waals surface area (Å²) in [6.07, 6.45) is 3.03. The molecule has 0 N–H and O–H groups in total. The Hall–Kier alpha value is -6.38. The molecule has 0 spiro atoms. The molecule has 0 amide bonds. The number of rotatable bonds is 4. The lowest BCUT2D eigenvalue weighted by Gasteiger charge is -2.18. The molecule has 0 unspecified atom stereocenters. The van der Waals surface area contributed by atoms with Gasteiger partial charge < -0.3 is 8.98 Å². The molecule has 3 heterocycles. The van der Waals surface area contributed by atoms with Crippen LogP contribution in [-0.4, -0.2) is 4.57 Å². The van der Waals surface area contributed by atoms with E-state index in [9.17, 15) is 0 Å². The smallest absolute Gasteiger partial charge is 0.135 e. The van der Waals surface area contributed by atoms with Crippen LogP contribution >= 0.6 is 0 Å². The van der Waals surface area contributed by atoms with Crippen LogP contribution in [0.5, 0.6) is 0 Å². The first-order chi connectivity index (χ1) is 24.8. The van der Waals surface area contributed by atoms with Crippen LogP contribution in [-0.2, 0) is 13.0 Å². The topological polar surface area (TPSA) is 18.1 Å². The Morgan fingerprint density at radius 1 is 0.420 bits per heavy atom. The number of aromatic nitrogens is 1. The lowest BCUT2D eigenvalue weighted by Crippen LogP contribution is -1.90. The van der Waals surface area contributed by atoms with E-state index in [0.717, 1.165) is 35.1 Å². The molecule has 0 atom stereocenters. The average Bonchev–Trinajstić information content (AvgIpc) is 3.91. The summed E-state index contributed by atoms with van der Waals surface area (Å²) in [5.74, 6) is 0. The first-order valence-electron chi connectivity index (χ1n) is 17.5. The molecular weight excluding hydrogens is 607 g/mol. The van der Waals surface area contributed by atoms with Gasteiger partial charge in [0, 0.05) is 33.8 Å². The van der Waals surface area contributed by atoms with Crippen molar-refractivity contribution in [2.75, 3.05) is 0 Å². The molecule has 2 heteroatoms. The second-order valence-electron chi connectivity index (χ2n) is 13.5. The van der Waals surface area contributed by atoms with Gasteiger partial charge in [-0.15, -0.1) is 0 Å². The molecule has 234 valence electrons. The Labute approximate surface area is 289 Å². The summed E-state index contributed by atoms with van der Waals surface area (Å²) in [5.41, 5.74) is 14.8. The highest BCUT2D eigenvalue weighted by atomic mass is 16.3. The van der Waals surface area contributed by atoms with E-state index in [1.54, 1.807) is 0 Å². The third kappa shape index (κ3) is 3.85. The van der Waals surface area contributed by atoms with Crippen molar-refractivity contribution in [1.29, 1.82) is 0 Å². The van der Waals surface area contributed by atoms with Gasteiger partial charge in [-0.1, -0.05) is 146 Å². The summed E-state index contributed by atoms with van der Waals surface area (Å²) in [6.45, 7) is 1.04. The van der Waals surface area contributed by atoms with Crippen molar-refractivity contribution in [2.24, 2.45) is 0 Å². The number of benzene rings is 8. The van der Waals surface area contributed by atoms with Crippen molar-refractivity contribution < 1.29 is 4.42 Å². The van der Waals surface area contributed by atoms with Gasteiger partial charge in [-0.25, -0.2) is 0 Å². The zero-order valence-electron chi connectivity index (χ0n) is 27.4. The van der Waals surface area contributed by atoms with Crippen LogP contribution in [0.3, 0.4) is 0 Å². The monoisotopic (exact) mass is 637 g/mol. The van der Waals surface area contributed by atoms with Crippen LogP contribution in [0.25, 0.3) is 98.8 Å². The lowest BCUT2D eigenvalue weighted by molar-refractivity contribution is 0.617. The third-order valence-corrected chi connectivity index (χ3v) is 11.0. The molecule has 8 aromatic carbocycles. The first kappa shape index (κ1) is 27.6. The van der Waals surface area contributed by atoms with E-state index in [2.05, 4.69) is 162 Å². The summed E-state index contributed by atoms with van der Waals surface area (Å²) in [4.78, 5) is 0. The highest BCUT2D eigenvalue weighted by Gasteiger charge is 2.24. The Balaban J connectivity index is 1.10. The zero-order chi connectivity index (χ0) is 32.8. The molecule has 0 radical (unpaired) electrons. The van der Waals surface area contributed by atoms with E-state index in [-0.39, 0.29) is 0 Å². The van der Waals surface area contributed by atoms with Crippen molar-refractivity contribution in [2.45, 2.75) is 13.0 Å². The minimum Gasteiger partial charge on any atom is -0.464 e. The number of para-hydroxylation sites is 1. The van der Waals surface area contributed by atoms with Crippen molar-refractivity contribution in [3.05, 3.63) is 170 Å². The average molecular weight is 638 g/mol. The molecule has 0 saturated heterocycles. The molecule has 0 bridgehead atoms. The van der Waals surface area contributed by atoms with Gasteiger partial charge in [0.05, 0.1) is 11.8 Å². The Morgan fingerprint density at radius 3 is 1.70 bits per heavy atom. The molecular formula is C48H31NO. The molecule has 2 nitrogen and oxygen atoms in total. The van der Waals surface area contributed by atoms with E-state index in [1.165, 1.54) is 82.3 Å². The summed E-state index contributed by atoms with van der Waals surface area (Å²) in [6, 6.07) is 57.6. The number of furan rings is 1. The third-order valence-electron chi connectivity index (χ3n) is 11.0. The van der Waals surface area contributed by atoms with Gasteiger partial charge in [0.25, 0.3) is 0 Å². The number of aryl methyl sites for hydroxylation is 2. The number of hydrogen-bond acceptors (Lipinski definition) is 1. The van der Waals surface area contributed by atoms with Gasteiger partial charge in [0.15, 0.2) is 0 Å². The maximum atomic E-state index is 6.29. The molecule has 1 aliphatic rings. The predicted molar refractivity (Wildman–Crippen MR) is 210 cm³/mol. The van der Waals surface area contributed by atoms with Gasteiger partial charge in [-0.2, -0.15) is 0 Å². The molecule has 2 aromatic heterocycles. The maximum absolute atomic E-state index is 6.29. The van der Waals surface area contributed by atoms with Crippen LogP contribution in [0, 0.1) is 0 Å². The normalized spacial score (nSPS) is 12.6. The molecule has 0 aliphatic carbocycles. The van der Waals surface area contributed by atoms with Gasteiger partial charge in [0.1, 0.15) is 5.58 Å². The number of fused-ring (bicyclic) bond motifs is 6. The first-order valence-corrected chi connectivity index (χ1v) is 17.5. The van der Waals surface area contributed by atoms with Crippen molar-refractivity contribution in [3.63, 3.8) is 0 Å². The van der Waals surface area contributed by atoms with Crippen LogP contribution in [0.1, 0.15) is 5.56 Å². The Morgan fingerprint density at radius 2 is 1.00 bits per heavy atom. The fraction of sp³-hybridized carbons (Fsp3) is 0.0417. The summed E-state index contributed by atoms with van der Waals surface area (Å²) >= 11 is 0. The molecule has 10 aromatic rings. The predicted octanol–water partition coefficient (Wildman–Crippen LogP) is 13.1. The summed E-state index contributed by atoms with van der Waals surface area (Å²) in [7, 11) is 0. The van der Waals surface area contributed by atoms with Crippen molar-refractivity contribution in [3.8, 4) is 44.5 Å². The fourth-order valence-corrected chi connectivity index (χ4v) is 8.84.